The average Bonchev–Trinajstić information content (AvgIpc) is 2.26. The van der Waals surface area contributed by atoms with E-state index in [2.05, 4.69) is 31.7 Å². The lowest BCUT2D eigenvalue weighted by Gasteiger charge is -2.04. The fraction of sp³-hybridized carbons (Fsp3) is 0.286. The summed E-state index contributed by atoms with van der Waals surface area (Å²) < 4.78 is 5.42. The molecule has 0 aromatic heterocycles. The number of benzene rings is 1. The molecule has 0 radical (unpaired) electrons. The third-order valence-electron chi connectivity index (χ3n) is 2.02. The largest absolute Gasteiger partial charge is 0.494 e. The first kappa shape index (κ1) is 11.6. The molecule has 80 valence electrons. The Labute approximate surface area is 92.1 Å². The first-order valence-electron chi connectivity index (χ1n) is 5.35. The van der Waals surface area contributed by atoms with Crippen LogP contribution in [-0.4, -0.2) is 6.61 Å². The lowest BCUT2D eigenvalue weighted by Crippen LogP contribution is -1.90. The highest BCUT2D eigenvalue weighted by Gasteiger charge is 1.90. The van der Waals surface area contributed by atoms with E-state index >= 15 is 0 Å². The van der Waals surface area contributed by atoms with Crippen LogP contribution in [0.25, 0.3) is 6.08 Å². The molecule has 0 aliphatic carbocycles. The Morgan fingerprint density at radius 1 is 1.33 bits per heavy atom. The molecule has 0 amide bonds. The molecule has 1 heteroatoms. The number of ether oxygens (including phenoxy) is 1. The predicted molar refractivity (Wildman–Crippen MR) is 65.5 cm³/mol. The van der Waals surface area contributed by atoms with Crippen molar-refractivity contribution in [3.63, 3.8) is 0 Å². The maximum atomic E-state index is 5.42. The van der Waals surface area contributed by atoms with Crippen molar-refractivity contribution in [2.24, 2.45) is 0 Å². The third kappa shape index (κ3) is 5.06. The Morgan fingerprint density at radius 2 is 2.07 bits per heavy atom. The van der Waals surface area contributed by atoms with Crippen molar-refractivity contribution in [1.29, 1.82) is 0 Å². The van der Waals surface area contributed by atoms with E-state index in [0.717, 1.165) is 18.6 Å². The zero-order chi connectivity index (χ0) is 10.9. The molecule has 0 aliphatic rings. The van der Waals surface area contributed by atoms with Gasteiger partial charge in [0.15, 0.2) is 0 Å². The molecule has 15 heavy (non-hydrogen) atoms. The third-order valence-corrected chi connectivity index (χ3v) is 2.02. The van der Waals surface area contributed by atoms with Gasteiger partial charge in [-0.2, -0.15) is 0 Å². The molecule has 0 saturated heterocycles. The van der Waals surface area contributed by atoms with Crippen LogP contribution in [0.2, 0.25) is 0 Å². The number of hydrogen-bond acceptors (Lipinski definition) is 1. The molecule has 0 N–H and O–H groups in total. The summed E-state index contributed by atoms with van der Waals surface area (Å²) in [5.41, 5.74) is 1.20. The van der Waals surface area contributed by atoms with Gasteiger partial charge in [0.2, 0.25) is 0 Å². The van der Waals surface area contributed by atoms with Crippen LogP contribution >= 0.6 is 0 Å². The first-order valence-corrected chi connectivity index (χ1v) is 5.35. The Balaban J connectivity index is 2.26. The van der Waals surface area contributed by atoms with E-state index in [-0.39, 0.29) is 0 Å². The predicted octanol–water partition coefficient (Wildman–Crippen LogP) is 4.03. The van der Waals surface area contributed by atoms with E-state index < -0.39 is 0 Å². The summed E-state index contributed by atoms with van der Waals surface area (Å²) in [6.45, 7) is 6.56. The second-order valence-corrected chi connectivity index (χ2v) is 3.41. The maximum Gasteiger partial charge on any atom is 0.106 e. The molecule has 1 aromatic carbocycles. The highest BCUT2D eigenvalue weighted by atomic mass is 16.5. The van der Waals surface area contributed by atoms with Crippen LogP contribution in [0.15, 0.2) is 48.7 Å². The van der Waals surface area contributed by atoms with Gasteiger partial charge < -0.3 is 4.74 Å². The second kappa shape index (κ2) is 6.88. The normalized spacial score (nSPS) is 10.5. The van der Waals surface area contributed by atoms with Gasteiger partial charge in [-0.3, -0.25) is 0 Å². The van der Waals surface area contributed by atoms with Crippen LogP contribution in [0.3, 0.4) is 0 Å². The van der Waals surface area contributed by atoms with Crippen LogP contribution in [-0.2, 0) is 4.74 Å². The van der Waals surface area contributed by atoms with E-state index in [4.69, 9.17) is 4.74 Å². The Morgan fingerprint density at radius 3 is 2.73 bits per heavy atom. The number of allylic oxidation sites excluding steroid dienone is 1. The molecule has 0 unspecified atom stereocenters. The Hall–Kier alpha value is -1.50. The highest BCUT2D eigenvalue weighted by molar-refractivity contribution is 5.48. The van der Waals surface area contributed by atoms with Gasteiger partial charge in [0.05, 0.1) is 5.76 Å². The summed E-state index contributed by atoms with van der Waals surface area (Å²) in [4.78, 5) is 0. The minimum Gasteiger partial charge on any atom is -0.494 e. The molecule has 0 heterocycles. The fourth-order valence-corrected chi connectivity index (χ4v) is 1.27. The van der Waals surface area contributed by atoms with Crippen molar-refractivity contribution in [3.05, 3.63) is 54.3 Å². The van der Waals surface area contributed by atoms with Gasteiger partial charge in [0.1, 0.15) is 6.61 Å². The van der Waals surface area contributed by atoms with Crippen molar-refractivity contribution >= 4 is 6.08 Å². The molecule has 0 spiro atoms. The summed E-state index contributed by atoms with van der Waals surface area (Å²) in [5.74, 6) is 0.871. The summed E-state index contributed by atoms with van der Waals surface area (Å²) >= 11 is 0. The van der Waals surface area contributed by atoms with Crippen molar-refractivity contribution < 1.29 is 4.74 Å². The van der Waals surface area contributed by atoms with E-state index in [0.29, 0.717) is 6.61 Å². The SMILES string of the molecule is C=C(CCC)OC/C=C/c1ccccc1. The lowest BCUT2D eigenvalue weighted by atomic mass is 10.2. The molecule has 1 rings (SSSR count). The minimum atomic E-state index is 0.605. The van der Waals surface area contributed by atoms with Crippen LogP contribution in [0.1, 0.15) is 25.3 Å². The summed E-state index contributed by atoms with van der Waals surface area (Å²) in [6.07, 6.45) is 6.09. The van der Waals surface area contributed by atoms with Gasteiger partial charge in [-0.15, -0.1) is 0 Å². The van der Waals surface area contributed by atoms with E-state index in [9.17, 15) is 0 Å². The summed E-state index contributed by atoms with van der Waals surface area (Å²) in [5, 5.41) is 0. The molecule has 1 aromatic rings. The molecule has 0 aliphatic heterocycles. The monoisotopic (exact) mass is 202 g/mol. The summed E-state index contributed by atoms with van der Waals surface area (Å²) in [6, 6.07) is 10.2. The topological polar surface area (TPSA) is 9.23 Å². The molecular weight excluding hydrogens is 184 g/mol. The number of rotatable bonds is 6. The molecular formula is C14H18O. The highest BCUT2D eigenvalue weighted by Crippen LogP contribution is 2.04. The van der Waals surface area contributed by atoms with E-state index in [1.807, 2.05) is 24.3 Å². The summed E-state index contributed by atoms with van der Waals surface area (Å²) in [7, 11) is 0. The van der Waals surface area contributed by atoms with Gasteiger partial charge in [-0.05, 0) is 18.1 Å². The van der Waals surface area contributed by atoms with Crippen molar-refractivity contribution in [2.75, 3.05) is 6.61 Å². The average molecular weight is 202 g/mol. The van der Waals surface area contributed by atoms with Crippen LogP contribution in [0.4, 0.5) is 0 Å². The van der Waals surface area contributed by atoms with Crippen LogP contribution < -0.4 is 0 Å². The van der Waals surface area contributed by atoms with Gasteiger partial charge in [0.25, 0.3) is 0 Å². The first-order chi connectivity index (χ1) is 7.33. The Bertz CT molecular complexity index is 311. The van der Waals surface area contributed by atoms with Crippen molar-refractivity contribution in [1.82, 2.24) is 0 Å². The molecule has 0 bridgehead atoms. The van der Waals surface area contributed by atoms with Gasteiger partial charge in [0, 0.05) is 6.42 Å². The maximum absolute atomic E-state index is 5.42. The molecule has 0 fully saturated rings. The number of hydrogen-bond donors (Lipinski definition) is 0. The fourth-order valence-electron chi connectivity index (χ4n) is 1.27. The second-order valence-electron chi connectivity index (χ2n) is 3.41. The molecule has 0 atom stereocenters. The van der Waals surface area contributed by atoms with E-state index in [1.165, 1.54) is 5.56 Å². The van der Waals surface area contributed by atoms with Gasteiger partial charge in [-0.25, -0.2) is 0 Å². The quantitative estimate of drug-likeness (QED) is 0.633. The van der Waals surface area contributed by atoms with Crippen LogP contribution in [0.5, 0.6) is 0 Å². The van der Waals surface area contributed by atoms with Crippen LogP contribution in [0, 0.1) is 0 Å². The standard InChI is InChI=1S/C14H18O/c1-3-8-13(2)15-12-7-11-14-9-5-4-6-10-14/h4-7,9-11H,2-3,8,12H2,1H3/b11-7+. The molecule has 1 nitrogen and oxygen atoms in total. The smallest absolute Gasteiger partial charge is 0.106 e. The lowest BCUT2D eigenvalue weighted by molar-refractivity contribution is 0.237. The molecule has 0 saturated carbocycles. The zero-order valence-corrected chi connectivity index (χ0v) is 9.28. The Kier molecular flexibility index (Phi) is 5.31. The van der Waals surface area contributed by atoms with Gasteiger partial charge in [-0.1, -0.05) is 49.9 Å². The minimum absolute atomic E-state index is 0.605. The van der Waals surface area contributed by atoms with E-state index in [1.54, 1.807) is 0 Å². The van der Waals surface area contributed by atoms with Crippen molar-refractivity contribution in [3.8, 4) is 0 Å². The van der Waals surface area contributed by atoms with Crippen molar-refractivity contribution in [2.45, 2.75) is 19.8 Å². The zero-order valence-electron chi connectivity index (χ0n) is 9.28. The van der Waals surface area contributed by atoms with Gasteiger partial charge >= 0.3 is 0 Å².